The molecule has 0 radical (unpaired) electrons. The molecule has 4 rings (SSSR count). The maximum Gasteiger partial charge on any atom is 0.283 e. The van der Waals surface area contributed by atoms with Crippen LogP contribution in [0.3, 0.4) is 0 Å². The highest BCUT2D eigenvalue weighted by Gasteiger charge is 2.36. The zero-order chi connectivity index (χ0) is 18.3. The third-order valence-electron chi connectivity index (χ3n) is 4.18. The van der Waals surface area contributed by atoms with E-state index in [0.717, 1.165) is 27.3 Å². The van der Waals surface area contributed by atoms with Crippen LogP contribution < -0.4 is 0 Å². The van der Waals surface area contributed by atoms with E-state index in [1.54, 1.807) is 6.08 Å². The molecule has 0 unspecified atom stereocenters. The second-order valence-corrected chi connectivity index (χ2v) is 7.11. The van der Waals surface area contributed by atoms with Gasteiger partial charge in [-0.25, -0.2) is 0 Å². The smallest absolute Gasteiger partial charge is 0.282 e. The topological polar surface area (TPSA) is 68.9 Å². The number of carbonyl (C=O) groups is 1. The minimum absolute atomic E-state index is 0.0533. The number of carbonyl (C=O) groups excluding carboxylic acids is 1. The van der Waals surface area contributed by atoms with Crippen molar-refractivity contribution in [1.82, 2.24) is 5.01 Å². The minimum atomic E-state index is -0.406. The molecular weight excluding hydrogens is 344 g/mol. The number of nitrogens with zero attached hydrogens (tertiary/aromatic N) is 3. The Bertz CT molecular complexity index is 1040. The molecule has 1 N–H and O–H groups in total. The fraction of sp³-hybridized carbons (Fsp3) is 0.100. The number of aryl methyl sites for hydroxylation is 2. The van der Waals surface area contributed by atoms with E-state index >= 15 is 0 Å². The number of hydrogen-bond donors (Lipinski definition) is 1. The number of rotatable bonds is 2. The summed E-state index contributed by atoms with van der Waals surface area (Å²) in [5.74, 6) is -0.353. The maximum absolute atomic E-state index is 12.5. The van der Waals surface area contributed by atoms with Crippen LogP contribution in [0.15, 0.2) is 64.2 Å². The molecule has 2 aromatic carbocycles. The highest BCUT2D eigenvalue weighted by Crippen LogP contribution is 2.31. The standard InChI is InChI=1S/C20H16N4OS/c1-12-6-5-8-14(10-12)11-16-17(21)24-20(22-18(16)25)26-19(23-24)15-9-4-3-7-13(15)2/h3-11,21H,1-2H3/b16-11+,21-17?. The van der Waals surface area contributed by atoms with Crippen molar-refractivity contribution in [2.24, 2.45) is 10.1 Å². The normalized spacial score (nSPS) is 18.1. The third kappa shape index (κ3) is 2.88. The summed E-state index contributed by atoms with van der Waals surface area (Å²) >= 11 is 1.32. The summed E-state index contributed by atoms with van der Waals surface area (Å²) in [6.07, 6.45) is 1.70. The first-order valence-electron chi connectivity index (χ1n) is 8.16. The molecule has 2 aliphatic rings. The number of amides is 1. The molecule has 0 atom stereocenters. The molecule has 0 bridgehead atoms. The van der Waals surface area contributed by atoms with Gasteiger partial charge in [0.15, 0.2) is 5.84 Å². The van der Waals surface area contributed by atoms with E-state index < -0.39 is 5.91 Å². The number of amidine groups is 2. The first-order valence-corrected chi connectivity index (χ1v) is 8.97. The number of benzene rings is 2. The molecule has 26 heavy (non-hydrogen) atoms. The van der Waals surface area contributed by atoms with Gasteiger partial charge in [-0.05, 0) is 42.8 Å². The van der Waals surface area contributed by atoms with E-state index in [9.17, 15) is 4.79 Å². The van der Waals surface area contributed by atoms with Crippen LogP contribution in [-0.2, 0) is 4.79 Å². The molecule has 0 spiro atoms. The van der Waals surface area contributed by atoms with Crippen molar-refractivity contribution >= 4 is 39.8 Å². The number of hydrogen-bond acceptors (Lipinski definition) is 4. The van der Waals surface area contributed by atoms with Gasteiger partial charge < -0.3 is 0 Å². The van der Waals surface area contributed by atoms with Crippen molar-refractivity contribution in [3.05, 3.63) is 76.4 Å². The largest absolute Gasteiger partial charge is 0.283 e. The average Bonchev–Trinajstić information content (AvgIpc) is 3.03. The van der Waals surface area contributed by atoms with Crippen molar-refractivity contribution < 1.29 is 4.79 Å². The van der Waals surface area contributed by atoms with E-state index in [2.05, 4.69) is 10.1 Å². The van der Waals surface area contributed by atoms with E-state index in [-0.39, 0.29) is 11.4 Å². The Balaban J connectivity index is 1.72. The van der Waals surface area contributed by atoms with Gasteiger partial charge in [0.2, 0.25) is 5.17 Å². The Morgan fingerprint density at radius 1 is 1.12 bits per heavy atom. The predicted octanol–water partition coefficient (Wildman–Crippen LogP) is 3.97. The molecular formula is C20H16N4OS. The van der Waals surface area contributed by atoms with Crippen molar-refractivity contribution in [2.45, 2.75) is 13.8 Å². The zero-order valence-corrected chi connectivity index (χ0v) is 15.2. The lowest BCUT2D eigenvalue weighted by molar-refractivity contribution is -0.114. The summed E-state index contributed by atoms with van der Waals surface area (Å²) in [7, 11) is 0. The number of hydrazone groups is 1. The highest BCUT2D eigenvalue weighted by atomic mass is 32.2. The van der Waals surface area contributed by atoms with Gasteiger partial charge in [-0.15, -0.1) is 0 Å². The summed E-state index contributed by atoms with van der Waals surface area (Å²) in [4.78, 5) is 16.6. The van der Waals surface area contributed by atoms with E-state index in [1.165, 1.54) is 16.8 Å². The molecule has 0 saturated carbocycles. The van der Waals surface area contributed by atoms with Crippen LogP contribution in [0.5, 0.6) is 0 Å². The van der Waals surface area contributed by atoms with Crippen LogP contribution >= 0.6 is 11.8 Å². The van der Waals surface area contributed by atoms with Gasteiger partial charge in [0.05, 0.1) is 5.57 Å². The number of fused-ring (bicyclic) bond motifs is 1. The van der Waals surface area contributed by atoms with Crippen LogP contribution in [0.1, 0.15) is 22.3 Å². The number of thioether (sulfide) groups is 1. The minimum Gasteiger partial charge on any atom is -0.282 e. The van der Waals surface area contributed by atoms with Crippen LogP contribution in [0, 0.1) is 19.3 Å². The molecule has 5 nitrogen and oxygen atoms in total. The van der Waals surface area contributed by atoms with Crippen LogP contribution in [-0.4, -0.2) is 27.0 Å². The van der Waals surface area contributed by atoms with Gasteiger partial charge in [-0.1, -0.05) is 54.1 Å². The molecule has 1 amide bonds. The third-order valence-corrected chi connectivity index (χ3v) is 5.12. The fourth-order valence-electron chi connectivity index (χ4n) is 2.84. The molecule has 2 aromatic rings. The van der Waals surface area contributed by atoms with E-state index in [4.69, 9.17) is 5.41 Å². The first-order chi connectivity index (χ1) is 12.5. The molecule has 2 aliphatic heterocycles. The summed E-state index contributed by atoms with van der Waals surface area (Å²) < 4.78 is 0. The Morgan fingerprint density at radius 2 is 1.92 bits per heavy atom. The lowest BCUT2D eigenvalue weighted by Gasteiger charge is -2.20. The van der Waals surface area contributed by atoms with Gasteiger partial charge >= 0.3 is 0 Å². The Hall–Kier alpha value is -2.99. The van der Waals surface area contributed by atoms with Crippen LogP contribution in [0.4, 0.5) is 0 Å². The lowest BCUT2D eigenvalue weighted by Crippen LogP contribution is -2.35. The molecule has 0 aliphatic carbocycles. The summed E-state index contributed by atoms with van der Waals surface area (Å²) in [6, 6.07) is 15.7. The van der Waals surface area contributed by atoms with Gasteiger partial charge in [-0.3, -0.25) is 10.2 Å². The number of nitrogens with one attached hydrogen (secondary N) is 1. The average molecular weight is 360 g/mol. The van der Waals surface area contributed by atoms with Crippen molar-refractivity contribution in [1.29, 1.82) is 5.41 Å². The first kappa shape index (κ1) is 16.5. The quantitative estimate of drug-likeness (QED) is 0.824. The van der Waals surface area contributed by atoms with E-state index in [0.29, 0.717) is 5.17 Å². The summed E-state index contributed by atoms with van der Waals surface area (Å²) in [5, 5.41) is 15.6. The molecule has 0 fully saturated rings. The Kier molecular flexibility index (Phi) is 4.05. The van der Waals surface area contributed by atoms with Crippen molar-refractivity contribution in [2.75, 3.05) is 0 Å². The van der Waals surface area contributed by atoms with Crippen molar-refractivity contribution in [3.8, 4) is 0 Å². The summed E-state index contributed by atoms with van der Waals surface area (Å²) in [5.41, 5.74) is 4.28. The lowest BCUT2D eigenvalue weighted by atomic mass is 10.1. The van der Waals surface area contributed by atoms with Crippen LogP contribution in [0.2, 0.25) is 0 Å². The monoisotopic (exact) mass is 360 g/mol. The van der Waals surface area contributed by atoms with E-state index in [1.807, 2.05) is 62.4 Å². The molecule has 0 saturated heterocycles. The van der Waals surface area contributed by atoms with Crippen molar-refractivity contribution in [3.63, 3.8) is 0 Å². The fourth-order valence-corrected chi connectivity index (χ4v) is 3.82. The second kappa shape index (κ2) is 6.38. The second-order valence-electron chi connectivity index (χ2n) is 6.15. The molecule has 6 heteroatoms. The van der Waals surface area contributed by atoms with Gasteiger partial charge in [0, 0.05) is 5.56 Å². The number of aliphatic imine (C=N–C) groups is 1. The maximum atomic E-state index is 12.5. The molecule has 2 heterocycles. The van der Waals surface area contributed by atoms with Gasteiger partial charge in [0.25, 0.3) is 5.91 Å². The Morgan fingerprint density at radius 3 is 2.69 bits per heavy atom. The van der Waals surface area contributed by atoms with Crippen LogP contribution in [0.25, 0.3) is 6.08 Å². The predicted molar refractivity (Wildman–Crippen MR) is 106 cm³/mol. The van der Waals surface area contributed by atoms with Gasteiger partial charge in [-0.2, -0.15) is 15.1 Å². The zero-order valence-electron chi connectivity index (χ0n) is 14.4. The summed E-state index contributed by atoms with van der Waals surface area (Å²) in [6.45, 7) is 4.00. The molecule has 128 valence electrons. The van der Waals surface area contributed by atoms with Gasteiger partial charge in [0.1, 0.15) is 5.04 Å². The highest BCUT2D eigenvalue weighted by molar-refractivity contribution is 8.27. The Labute approximate surface area is 155 Å². The SMILES string of the molecule is Cc1cccc(/C=C2\C(=N)N3N=C(c4ccccc4C)SC3=NC2=O)c1. The molecule has 0 aromatic heterocycles.